The molecule has 0 saturated heterocycles. The van der Waals surface area contributed by atoms with Gasteiger partial charge in [-0.15, -0.1) is 0 Å². The van der Waals surface area contributed by atoms with Crippen molar-refractivity contribution < 1.29 is 14.6 Å². The van der Waals surface area contributed by atoms with Crippen molar-refractivity contribution in [2.75, 3.05) is 9.80 Å². The van der Waals surface area contributed by atoms with Gasteiger partial charge in [-0.3, -0.25) is 0 Å². The van der Waals surface area contributed by atoms with Gasteiger partial charge in [0, 0.05) is 49.9 Å². The molecular weight excluding hydrogens is 1130 g/mol. The standard InChI is InChI=1S/C49H35NO.C39H29NO2/c51-46-34-33-45(48-47(46)43-23-13-14-24-44(43)49(48,39-19-9-3-10-20-39)40-21-11-4-12-22-40)50(41-29-25-37(26-30-41)35-15-5-1-6-16-35)42-31-27-38(28-32-42)36-17-7-2-8-18-36;1-39(2)31-16-8-6-14-30(31)36-34(41)24-23-32(37(36)39)40(27-21-19-26(20-22-27)25-11-4-3-5-12-25)33-17-10-15-29-28-13-7-9-18-35(28)42-38(29)33/h1-34,51H;3-24,41H,1-2H3. The summed E-state index contributed by atoms with van der Waals surface area (Å²) in [6, 6.07) is 119. The number of aromatic hydroxyl groups is 2. The SMILES string of the molecule is CC1(C)c2ccccc2-c2c(O)ccc(N(c3ccc(-c4ccccc4)cc3)c3cccc4c3oc3ccccc34)c21.Oc1ccc(N(c2ccc(-c3ccccc3)cc2)c2ccc(-c3ccccc3)cc2)c2c1-c1ccccc1C2(c1ccccc1)c1ccccc1. The van der Waals surface area contributed by atoms with E-state index in [0.29, 0.717) is 5.75 Å². The van der Waals surface area contributed by atoms with Gasteiger partial charge < -0.3 is 24.4 Å². The predicted octanol–water partition coefficient (Wildman–Crippen LogP) is 23.3. The molecule has 0 radical (unpaired) electrons. The van der Waals surface area contributed by atoms with Crippen LogP contribution in [0.15, 0.2) is 344 Å². The van der Waals surface area contributed by atoms with Gasteiger partial charge in [-0.05, 0) is 145 Å². The molecular formula is C88H64N2O3. The van der Waals surface area contributed by atoms with Gasteiger partial charge >= 0.3 is 0 Å². The summed E-state index contributed by atoms with van der Waals surface area (Å²) >= 11 is 0. The second-order valence-electron chi connectivity index (χ2n) is 24.6. The van der Waals surface area contributed by atoms with Crippen LogP contribution in [-0.4, -0.2) is 10.2 Å². The molecule has 444 valence electrons. The van der Waals surface area contributed by atoms with Crippen LogP contribution in [0.4, 0.5) is 34.1 Å². The third kappa shape index (κ3) is 9.47. The first-order valence-corrected chi connectivity index (χ1v) is 31.8. The van der Waals surface area contributed by atoms with E-state index >= 15 is 0 Å². The average molecular weight is 1200 g/mol. The Kier molecular flexibility index (Phi) is 14.0. The van der Waals surface area contributed by atoms with Crippen LogP contribution in [0, 0.1) is 0 Å². The first-order chi connectivity index (χ1) is 45.8. The van der Waals surface area contributed by atoms with Crippen LogP contribution in [0.2, 0.25) is 0 Å². The van der Waals surface area contributed by atoms with Crippen molar-refractivity contribution >= 4 is 56.1 Å². The molecule has 0 amide bonds. The lowest BCUT2D eigenvalue weighted by atomic mass is 9.67. The van der Waals surface area contributed by atoms with Crippen LogP contribution < -0.4 is 9.80 Å². The fourth-order valence-electron chi connectivity index (χ4n) is 14.8. The Morgan fingerprint density at radius 2 is 0.667 bits per heavy atom. The van der Waals surface area contributed by atoms with Crippen molar-refractivity contribution in [2.45, 2.75) is 24.7 Å². The van der Waals surface area contributed by atoms with E-state index in [9.17, 15) is 10.2 Å². The zero-order valence-electron chi connectivity index (χ0n) is 51.5. The second-order valence-corrected chi connectivity index (χ2v) is 24.6. The monoisotopic (exact) mass is 1200 g/mol. The highest BCUT2D eigenvalue weighted by atomic mass is 16.3. The fourth-order valence-corrected chi connectivity index (χ4v) is 14.8. The summed E-state index contributed by atoms with van der Waals surface area (Å²) in [7, 11) is 0. The Hall–Kier alpha value is -11.9. The summed E-state index contributed by atoms with van der Waals surface area (Å²) in [4.78, 5) is 4.65. The number of anilines is 6. The Morgan fingerprint density at radius 1 is 0.290 bits per heavy atom. The summed E-state index contributed by atoms with van der Waals surface area (Å²) in [6.07, 6.45) is 0. The van der Waals surface area contributed by atoms with Gasteiger partial charge in [0.1, 0.15) is 17.1 Å². The smallest absolute Gasteiger partial charge is 0.159 e. The lowest BCUT2D eigenvalue weighted by Gasteiger charge is -2.38. The van der Waals surface area contributed by atoms with Gasteiger partial charge in [0.05, 0.1) is 22.5 Å². The molecule has 2 aliphatic carbocycles. The van der Waals surface area contributed by atoms with E-state index in [-0.39, 0.29) is 11.2 Å². The molecule has 0 aliphatic heterocycles. The Labute approximate surface area is 542 Å². The minimum Gasteiger partial charge on any atom is -0.507 e. The minimum atomic E-state index is -0.700. The Balaban J connectivity index is 0.000000150. The predicted molar refractivity (Wildman–Crippen MR) is 384 cm³/mol. The van der Waals surface area contributed by atoms with Gasteiger partial charge in [-0.2, -0.15) is 0 Å². The molecule has 0 fully saturated rings. The topological polar surface area (TPSA) is 60.1 Å². The lowest BCUT2D eigenvalue weighted by Crippen LogP contribution is -2.30. The van der Waals surface area contributed by atoms with Gasteiger partial charge in [-0.25, -0.2) is 0 Å². The van der Waals surface area contributed by atoms with Crippen LogP contribution in [0.3, 0.4) is 0 Å². The number of hydrogen-bond acceptors (Lipinski definition) is 5. The average Bonchev–Trinajstić information content (AvgIpc) is 1.56. The highest BCUT2D eigenvalue weighted by Crippen LogP contribution is 2.63. The maximum absolute atomic E-state index is 11.9. The van der Waals surface area contributed by atoms with Crippen LogP contribution in [0.1, 0.15) is 47.2 Å². The molecule has 1 heterocycles. The normalized spacial score (nSPS) is 12.9. The summed E-state index contributed by atoms with van der Waals surface area (Å²) < 4.78 is 6.57. The number of hydrogen-bond donors (Lipinski definition) is 2. The summed E-state index contributed by atoms with van der Waals surface area (Å²) in [5, 5.41) is 25.3. The number of benzene rings is 14. The summed E-state index contributed by atoms with van der Waals surface area (Å²) in [5.74, 6) is 0.571. The molecule has 0 bridgehead atoms. The zero-order valence-corrected chi connectivity index (χ0v) is 51.5. The van der Waals surface area contributed by atoms with Gasteiger partial charge in [0.25, 0.3) is 0 Å². The first-order valence-electron chi connectivity index (χ1n) is 31.8. The lowest BCUT2D eigenvalue weighted by molar-refractivity contribution is 0.476. The molecule has 2 aliphatic rings. The van der Waals surface area contributed by atoms with Crippen LogP contribution in [0.5, 0.6) is 11.5 Å². The van der Waals surface area contributed by atoms with E-state index in [1.54, 1.807) is 0 Å². The quantitative estimate of drug-likeness (QED) is 0.135. The molecule has 0 unspecified atom stereocenters. The molecule has 14 aromatic carbocycles. The fraction of sp³-hybridized carbons (Fsp3) is 0.0455. The van der Waals surface area contributed by atoms with Crippen LogP contribution >= 0.6 is 0 Å². The minimum absolute atomic E-state index is 0.272. The van der Waals surface area contributed by atoms with Crippen molar-refractivity contribution in [1.82, 2.24) is 0 Å². The Bertz CT molecular complexity index is 5100. The summed E-state index contributed by atoms with van der Waals surface area (Å²) in [6.45, 7) is 4.50. The number of phenols is 2. The molecule has 15 aromatic rings. The van der Waals surface area contributed by atoms with Gasteiger partial charge in [0.15, 0.2) is 5.58 Å². The largest absolute Gasteiger partial charge is 0.507 e. The van der Waals surface area contributed by atoms with E-state index < -0.39 is 5.41 Å². The molecule has 0 saturated carbocycles. The second kappa shape index (κ2) is 23.1. The van der Waals surface area contributed by atoms with Crippen molar-refractivity contribution in [1.29, 1.82) is 0 Å². The molecule has 0 spiro atoms. The molecule has 2 N–H and O–H groups in total. The highest BCUT2D eigenvalue weighted by Gasteiger charge is 2.50. The number of fused-ring (bicyclic) bond motifs is 9. The Morgan fingerprint density at radius 3 is 1.17 bits per heavy atom. The molecule has 93 heavy (non-hydrogen) atoms. The number of phenolic OH excluding ortho intramolecular Hbond substituents is 2. The molecule has 0 atom stereocenters. The van der Waals surface area contributed by atoms with E-state index in [2.05, 4.69) is 309 Å². The van der Waals surface area contributed by atoms with Crippen molar-refractivity contribution in [3.8, 4) is 67.1 Å². The maximum atomic E-state index is 11.9. The van der Waals surface area contributed by atoms with Crippen molar-refractivity contribution in [3.63, 3.8) is 0 Å². The van der Waals surface area contributed by atoms with E-state index in [1.807, 2.05) is 54.6 Å². The van der Waals surface area contributed by atoms with Gasteiger partial charge in [0.2, 0.25) is 0 Å². The third-order valence-electron chi connectivity index (χ3n) is 19.0. The molecule has 17 rings (SSSR count). The van der Waals surface area contributed by atoms with E-state index in [0.717, 1.165) is 123 Å². The van der Waals surface area contributed by atoms with Crippen LogP contribution in [-0.2, 0) is 10.8 Å². The van der Waals surface area contributed by atoms with E-state index in [4.69, 9.17) is 4.42 Å². The van der Waals surface area contributed by atoms with Crippen molar-refractivity contribution in [3.05, 3.63) is 373 Å². The van der Waals surface area contributed by atoms with Crippen LogP contribution in [0.25, 0.3) is 77.6 Å². The van der Waals surface area contributed by atoms with Crippen molar-refractivity contribution in [2.24, 2.45) is 0 Å². The maximum Gasteiger partial charge on any atom is 0.159 e. The molecule has 5 heteroatoms. The summed E-state index contributed by atoms with van der Waals surface area (Å²) in [5.41, 5.74) is 24.4. The number of rotatable bonds is 11. The van der Waals surface area contributed by atoms with E-state index in [1.165, 1.54) is 22.3 Å². The number of furan rings is 1. The third-order valence-corrected chi connectivity index (χ3v) is 19.0. The number of para-hydroxylation sites is 2. The highest BCUT2D eigenvalue weighted by molar-refractivity contribution is 6.11. The molecule has 1 aromatic heterocycles. The molecule has 5 nitrogen and oxygen atoms in total. The first kappa shape index (κ1) is 56.3. The number of nitrogens with zero attached hydrogens (tertiary/aromatic N) is 2. The van der Waals surface area contributed by atoms with Gasteiger partial charge in [-0.1, -0.05) is 281 Å². The zero-order chi connectivity index (χ0) is 62.6.